The average Bonchev–Trinajstić information content (AvgIpc) is 2.44. The first-order valence-corrected chi connectivity index (χ1v) is 8.03. The molecule has 0 aliphatic carbocycles. The fourth-order valence-corrected chi connectivity index (χ4v) is 2.50. The summed E-state index contributed by atoms with van der Waals surface area (Å²) in [7, 11) is 0. The lowest BCUT2D eigenvalue weighted by Crippen LogP contribution is -2.44. The van der Waals surface area contributed by atoms with Crippen molar-refractivity contribution in [2.24, 2.45) is 10.9 Å². The molecule has 0 saturated heterocycles. The number of alkyl halides is 3. The van der Waals surface area contributed by atoms with E-state index in [0.29, 0.717) is 16.3 Å². The molecule has 5 nitrogen and oxygen atoms in total. The SMILES string of the molecule is CC1=NC(=O)NC(c2ccc(Cl)cc2)C1C(=O)OCC(Cl)(Cl)Cl. The van der Waals surface area contributed by atoms with Gasteiger partial charge in [0.15, 0.2) is 0 Å². The summed E-state index contributed by atoms with van der Waals surface area (Å²) in [4.78, 5) is 27.8. The van der Waals surface area contributed by atoms with Gasteiger partial charge in [0, 0.05) is 10.7 Å². The standard InChI is InChI=1S/C14H12Cl4N2O3/c1-7-10(12(21)23-6-14(16,17)18)11(20-13(22)19-7)8-2-4-9(15)5-3-8/h2-5,10-11H,6H2,1H3,(H,20,22). The molecule has 2 unspecified atom stereocenters. The number of urea groups is 1. The third-order valence-electron chi connectivity index (χ3n) is 3.20. The van der Waals surface area contributed by atoms with Gasteiger partial charge in [-0.05, 0) is 24.6 Å². The number of nitrogens with zero attached hydrogens (tertiary/aromatic N) is 1. The van der Waals surface area contributed by atoms with Crippen LogP contribution in [0.4, 0.5) is 4.79 Å². The molecule has 1 aromatic rings. The highest BCUT2D eigenvalue weighted by atomic mass is 35.6. The predicted octanol–water partition coefficient (Wildman–Crippen LogP) is 4.09. The number of carbonyl (C=O) groups excluding carboxylic acids is 2. The largest absolute Gasteiger partial charge is 0.461 e. The Kier molecular flexibility index (Phi) is 5.79. The number of halogens is 4. The molecule has 0 saturated carbocycles. The highest BCUT2D eigenvalue weighted by Gasteiger charge is 2.38. The highest BCUT2D eigenvalue weighted by Crippen LogP contribution is 2.31. The Labute approximate surface area is 152 Å². The zero-order valence-electron chi connectivity index (χ0n) is 11.9. The number of benzene rings is 1. The molecule has 1 N–H and O–H groups in total. The molecule has 124 valence electrons. The van der Waals surface area contributed by atoms with Crippen molar-refractivity contribution in [1.82, 2.24) is 5.32 Å². The molecule has 2 amide bonds. The van der Waals surface area contributed by atoms with E-state index in [2.05, 4.69) is 10.3 Å². The molecule has 0 spiro atoms. The lowest BCUT2D eigenvalue weighted by Gasteiger charge is -2.30. The van der Waals surface area contributed by atoms with Gasteiger partial charge in [0.25, 0.3) is 0 Å². The third kappa shape index (κ3) is 4.98. The molecule has 0 radical (unpaired) electrons. The van der Waals surface area contributed by atoms with Gasteiger partial charge in [-0.1, -0.05) is 58.5 Å². The van der Waals surface area contributed by atoms with Crippen molar-refractivity contribution >= 4 is 64.1 Å². The molecule has 1 aliphatic rings. The first kappa shape index (κ1) is 18.3. The Morgan fingerprint density at radius 3 is 2.48 bits per heavy atom. The molecule has 23 heavy (non-hydrogen) atoms. The van der Waals surface area contributed by atoms with E-state index < -0.39 is 34.4 Å². The first-order valence-electron chi connectivity index (χ1n) is 6.52. The van der Waals surface area contributed by atoms with Crippen molar-refractivity contribution in [2.75, 3.05) is 6.61 Å². The maximum Gasteiger partial charge on any atom is 0.341 e. The molecule has 1 aromatic carbocycles. The van der Waals surface area contributed by atoms with Gasteiger partial charge in [-0.3, -0.25) is 4.79 Å². The summed E-state index contributed by atoms with van der Waals surface area (Å²) >= 11 is 22.6. The Morgan fingerprint density at radius 1 is 1.30 bits per heavy atom. The number of nitrogens with one attached hydrogen (secondary N) is 1. The zero-order valence-corrected chi connectivity index (χ0v) is 14.9. The summed E-state index contributed by atoms with van der Waals surface area (Å²) in [6, 6.07) is 5.57. The van der Waals surface area contributed by atoms with Gasteiger partial charge >= 0.3 is 12.0 Å². The minimum atomic E-state index is -1.71. The van der Waals surface area contributed by atoms with Crippen LogP contribution in [0, 0.1) is 5.92 Å². The van der Waals surface area contributed by atoms with E-state index in [4.69, 9.17) is 51.1 Å². The van der Waals surface area contributed by atoms with Gasteiger partial charge in [0.2, 0.25) is 3.79 Å². The van der Waals surface area contributed by atoms with Crippen LogP contribution in [0.25, 0.3) is 0 Å². The van der Waals surface area contributed by atoms with Crippen molar-refractivity contribution in [2.45, 2.75) is 16.8 Å². The van der Waals surface area contributed by atoms with Crippen LogP contribution in [0.3, 0.4) is 0 Å². The fourth-order valence-electron chi connectivity index (χ4n) is 2.21. The van der Waals surface area contributed by atoms with Gasteiger partial charge in [-0.25, -0.2) is 9.79 Å². The molecule has 1 aliphatic heterocycles. The number of esters is 1. The number of amides is 2. The summed E-state index contributed by atoms with van der Waals surface area (Å²) in [6.07, 6.45) is 0. The summed E-state index contributed by atoms with van der Waals surface area (Å²) in [6.45, 7) is 1.17. The smallest absolute Gasteiger partial charge is 0.341 e. The monoisotopic (exact) mass is 396 g/mol. The quantitative estimate of drug-likeness (QED) is 0.616. The van der Waals surface area contributed by atoms with Crippen molar-refractivity contribution in [3.63, 3.8) is 0 Å². The maximum absolute atomic E-state index is 12.4. The number of hydrogen-bond donors (Lipinski definition) is 1. The molecule has 1 heterocycles. The van der Waals surface area contributed by atoms with Gasteiger partial charge in [-0.2, -0.15) is 0 Å². The van der Waals surface area contributed by atoms with E-state index in [0.717, 1.165) is 0 Å². The molecule has 9 heteroatoms. The lowest BCUT2D eigenvalue weighted by atomic mass is 9.88. The Bertz CT molecular complexity index is 640. The van der Waals surface area contributed by atoms with E-state index in [1.807, 2.05) is 0 Å². The normalized spacial score (nSPS) is 21.4. The molecular weight excluding hydrogens is 386 g/mol. The third-order valence-corrected chi connectivity index (χ3v) is 3.78. The van der Waals surface area contributed by atoms with E-state index >= 15 is 0 Å². The van der Waals surface area contributed by atoms with Crippen molar-refractivity contribution in [3.8, 4) is 0 Å². The lowest BCUT2D eigenvalue weighted by molar-refractivity contribution is -0.146. The van der Waals surface area contributed by atoms with Crippen LogP contribution in [0.15, 0.2) is 29.3 Å². The second-order valence-corrected chi connectivity index (χ2v) is 7.88. The van der Waals surface area contributed by atoms with Crippen LogP contribution < -0.4 is 5.32 Å². The summed E-state index contributed by atoms with van der Waals surface area (Å²) < 4.78 is 3.32. The Morgan fingerprint density at radius 2 is 1.91 bits per heavy atom. The van der Waals surface area contributed by atoms with Crippen LogP contribution in [0.1, 0.15) is 18.5 Å². The maximum atomic E-state index is 12.4. The van der Waals surface area contributed by atoms with Crippen LogP contribution >= 0.6 is 46.4 Å². The van der Waals surface area contributed by atoms with E-state index in [9.17, 15) is 9.59 Å². The summed E-state index contributed by atoms with van der Waals surface area (Å²) in [5.74, 6) is -1.46. The topological polar surface area (TPSA) is 67.8 Å². The van der Waals surface area contributed by atoms with Crippen molar-refractivity contribution in [1.29, 1.82) is 0 Å². The van der Waals surface area contributed by atoms with E-state index in [1.165, 1.54) is 0 Å². The second-order valence-electron chi connectivity index (χ2n) is 4.93. The highest BCUT2D eigenvalue weighted by molar-refractivity contribution is 6.67. The molecule has 0 aromatic heterocycles. The van der Waals surface area contributed by atoms with Gasteiger partial charge in [0.1, 0.15) is 12.5 Å². The number of hydrogen-bond acceptors (Lipinski definition) is 3. The number of carbonyl (C=O) groups is 2. The van der Waals surface area contributed by atoms with Crippen LogP contribution in [0.5, 0.6) is 0 Å². The fraction of sp³-hybridized carbons (Fsp3) is 0.357. The summed E-state index contributed by atoms with van der Waals surface area (Å²) in [5, 5.41) is 3.18. The van der Waals surface area contributed by atoms with E-state index in [-0.39, 0.29) is 0 Å². The van der Waals surface area contributed by atoms with Crippen LogP contribution in [-0.4, -0.2) is 28.1 Å². The predicted molar refractivity (Wildman–Crippen MR) is 90.6 cm³/mol. The number of ether oxygens (including phenoxy) is 1. The molecule has 0 fully saturated rings. The first-order chi connectivity index (χ1) is 10.7. The van der Waals surface area contributed by atoms with Gasteiger partial charge in [-0.15, -0.1) is 0 Å². The van der Waals surface area contributed by atoms with Crippen molar-refractivity contribution in [3.05, 3.63) is 34.9 Å². The number of aliphatic imine (C=N–C) groups is 1. The molecule has 0 bridgehead atoms. The van der Waals surface area contributed by atoms with Gasteiger partial charge < -0.3 is 10.1 Å². The summed E-state index contributed by atoms with van der Waals surface area (Å²) in [5.41, 5.74) is 1.01. The minimum Gasteiger partial charge on any atom is -0.461 e. The zero-order chi connectivity index (χ0) is 17.2. The average molecular weight is 398 g/mol. The molecular formula is C14H12Cl4N2O3. The Balaban J connectivity index is 2.27. The van der Waals surface area contributed by atoms with Crippen LogP contribution in [-0.2, 0) is 9.53 Å². The van der Waals surface area contributed by atoms with Gasteiger partial charge in [0.05, 0.1) is 6.04 Å². The van der Waals surface area contributed by atoms with Crippen molar-refractivity contribution < 1.29 is 14.3 Å². The Hall–Kier alpha value is -1.01. The van der Waals surface area contributed by atoms with Crippen LogP contribution in [0.2, 0.25) is 5.02 Å². The number of rotatable bonds is 3. The minimum absolute atomic E-state index is 0.322. The van der Waals surface area contributed by atoms with E-state index in [1.54, 1.807) is 31.2 Å². The molecule has 2 rings (SSSR count). The second kappa shape index (κ2) is 7.26. The molecule has 2 atom stereocenters.